The van der Waals surface area contributed by atoms with Gasteiger partial charge in [0, 0.05) is 17.8 Å². The molecule has 5 rings (SSSR count). The van der Waals surface area contributed by atoms with Crippen LogP contribution >= 0.6 is 0 Å². The van der Waals surface area contributed by atoms with Gasteiger partial charge in [-0.25, -0.2) is 4.98 Å². The van der Waals surface area contributed by atoms with Crippen LogP contribution in [0.4, 0.5) is 0 Å². The van der Waals surface area contributed by atoms with Gasteiger partial charge in [0.2, 0.25) is 5.91 Å². The fourth-order valence-corrected chi connectivity index (χ4v) is 5.14. The Morgan fingerprint density at radius 1 is 1.19 bits per heavy atom. The van der Waals surface area contributed by atoms with Gasteiger partial charge in [0.05, 0.1) is 18.3 Å². The maximum atomic E-state index is 13.2. The van der Waals surface area contributed by atoms with E-state index in [0.717, 1.165) is 37.5 Å². The van der Waals surface area contributed by atoms with Crippen LogP contribution in [0.2, 0.25) is 0 Å². The zero-order chi connectivity index (χ0) is 17.7. The summed E-state index contributed by atoms with van der Waals surface area (Å²) in [4.78, 5) is 26.4. The highest BCUT2D eigenvalue weighted by molar-refractivity contribution is 5.79. The molecule has 2 heterocycles. The van der Waals surface area contributed by atoms with Gasteiger partial charge in [-0.3, -0.25) is 9.69 Å². The predicted octanol–water partition coefficient (Wildman–Crippen LogP) is 3.21. The number of rotatable bonds is 6. The number of aryl methyl sites for hydroxylation is 2. The van der Waals surface area contributed by atoms with E-state index in [2.05, 4.69) is 21.7 Å². The van der Waals surface area contributed by atoms with Crippen LogP contribution in [-0.4, -0.2) is 50.8 Å². The highest BCUT2D eigenvalue weighted by Crippen LogP contribution is 2.40. The molecule has 0 bridgehead atoms. The average molecular weight is 357 g/mol. The van der Waals surface area contributed by atoms with Crippen LogP contribution in [0.15, 0.2) is 0 Å². The van der Waals surface area contributed by atoms with Gasteiger partial charge in [-0.1, -0.05) is 0 Å². The molecule has 3 aliphatic carbocycles. The number of fused-ring (bicyclic) bond motifs is 1. The van der Waals surface area contributed by atoms with Crippen molar-refractivity contribution in [2.75, 3.05) is 13.1 Å². The lowest BCUT2D eigenvalue weighted by Gasteiger charge is -2.32. The molecule has 0 unspecified atom stereocenters. The number of carbonyl (C=O) groups excluding carboxylic acids is 1. The van der Waals surface area contributed by atoms with E-state index >= 15 is 0 Å². The third-order valence-corrected chi connectivity index (χ3v) is 6.96. The lowest BCUT2D eigenvalue weighted by molar-refractivity contribution is -0.135. The van der Waals surface area contributed by atoms with Crippen molar-refractivity contribution in [2.45, 2.75) is 89.3 Å². The SMILES string of the molecule is C[C@H](C1CC1)N(C(=O)CN1CCC[C@@H]1c1nc2c([nH]1)CCCC2)C1CC1. The largest absolute Gasteiger partial charge is 0.344 e. The third kappa shape index (κ3) is 3.19. The van der Waals surface area contributed by atoms with E-state index in [1.807, 2.05) is 0 Å². The second-order valence-electron chi connectivity index (χ2n) is 8.99. The third-order valence-electron chi connectivity index (χ3n) is 6.96. The molecule has 5 heteroatoms. The van der Waals surface area contributed by atoms with Crippen molar-refractivity contribution < 1.29 is 4.79 Å². The predicted molar refractivity (Wildman–Crippen MR) is 101 cm³/mol. The topological polar surface area (TPSA) is 52.2 Å². The van der Waals surface area contributed by atoms with Gasteiger partial charge in [-0.15, -0.1) is 0 Å². The number of imidazole rings is 1. The first kappa shape index (κ1) is 16.8. The van der Waals surface area contributed by atoms with E-state index in [0.29, 0.717) is 30.6 Å². The minimum absolute atomic E-state index is 0.307. The summed E-state index contributed by atoms with van der Waals surface area (Å²) in [5, 5.41) is 0. The van der Waals surface area contributed by atoms with Crippen molar-refractivity contribution in [3.05, 3.63) is 17.2 Å². The number of hydrogen-bond acceptors (Lipinski definition) is 3. The number of aromatic nitrogens is 2. The number of nitrogens with one attached hydrogen (secondary N) is 1. The Morgan fingerprint density at radius 2 is 2.00 bits per heavy atom. The molecule has 1 aromatic rings. The van der Waals surface area contributed by atoms with Crippen molar-refractivity contribution in [3.63, 3.8) is 0 Å². The van der Waals surface area contributed by atoms with Crippen molar-refractivity contribution in [1.29, 1.82) is 0 Å². The highest BCUT2D eigenvalue weighted by Gasteiger charge is 2.42. The Hall–Kier alpha value is -1.36. The first-order chi connectivity index (χ1) is 12.7. The van der Waals surface area contributed by atoms with Crippen molar-refractivity contribution >= 4 is 5.91 Å². The quantitative estimate of drug-likeness (QED) is 0.851. The van der Waals surface area contributed by atoms with E-state index in [-0.39, 0.29) is 0 Å². The first-order valence-corrected chi connectivity index (χ1v) is 10.8. The van der Waals surface area contributed by atoms with E-state index in [1.165, 1.54) is 56.3 Å². The fraction of sp³-hybridized carbons (Fsp3) is 0.810. The summed E-state index contributed by atoms with van der Waals surface area (Å²) in [6.45, 7) is 3.87. The van der Waals surface area contributed by atoms with Crippen molar-refractivity contribution in [1.82, 2.24) is 19.8 Å². The molecule has 3 fully saturated rings. The van der Waals surface area contributed by atoms with Crippen LogP contribution in [0.1, 0.15) is 81.5 Å². The highest BCUT2D eigenvalue weighted by atomic mass is 16.2. The van der Waals surface area contributed by atoms with Crippen LogP contribution in [0.5, 0.6) is 0 Å². The number of likely N-dealkylation sites (tertiary alicyclic amines) is 1. The minimum Gasteiger partial charge on any atom is -0.344 e. The summed E-state index contributed by atoms with van der Waals surface area (Å²) in [5.74, 6) is 2.23. The van der Waals surface area contributed by atoms with E-state index in [9.17, 15) is 4.79 Å². The zero-order valence-electron chi connectivity index (χ0n) is 16.0. The van der Waals surface area contributed by atoms with Gasteiger partial charge in [-0.2, -0.15) is 0 Å². The lowest BCUT2D eigenvalue weighted by atomic mass is 10.0. The average Bonchev–Trinajstić information content (AvgIpc) is 3.55. The molecule has 1 aliphatic heterocycles. The summed E-state index contributed by atoms with van der Waals surface area (Å²) in [6.07, 6.45) is 12.1. The number of H-pyrrole nitrogens is 1. The molecule has 1 saturated heterocycles. The molecule has 0 spiro atoms. The minimum atomic E-state index is 0.307. The van der Waals surface area contributed by atoms with Crippen molar-refractivity contribution in [3.8, 4) is 0 Å². The van der Waals surface area contributed by atoms with Gasteiger partial charge in [0.25, 0.3) is 0 Å². The molecular formula is C21H32N4O. The normalized spacial score (nSPS) is 27.3. The monoisotopic (exact) mass is 356 g/mol. The Morgan fingerprint density at radius 3 is 2.73 bits per heavy atom. The molecule has 0 aromatic carbocycles. The Kier molecular flexibility index (Phi) is 4.30. The second-order valence-corrected chi connectivity index (χ2v) is 8.99. The molecule has 4 aliphatic rings. The van der Waals surface area contributed by atoms with Crippen LogP contribution in [0.3, 0.4) is 0 Å². The maximum absolute atomic E-state index is 13.2. The molecule has 1 N–H and O–H groups in total. The summed E-state index contributed by atoms with van der Waals surface area (Å²) in [7, 11) is 0. The Balaban J connectivity index is 1.29. The Bertz CT molecular complexity index is 652. The Labute approximate surface area is 156 Å². The van der Waals surface area contributed by atoms with E-state index in [1.54, 1.807) is 0 Å². The van der Waals surface area contributed by atoms with Crippen LogP contribution in [0.25, 0.3) is 0 Å². The number of hydrogen-bond donors (Lipinski definition) is 1. The van der Waals surface area contributed by atoms with Crippen LogP contribution in [-0.2, 0) is 17.6 Å². The number of amides is 1. The number of aromatic amines is 1. The van der Waals surface area contributed by atoms with Gasteiger partial charge >= 0.3 is 0 Å². The lowest BCUT2D eigenvalue weighted by Crippen LogP contribution is -2.46. The van der Waals surface area contributed by atoms with Gasteiger partial charge < -0.3 is 9.88 Å². The summed E-state index contributed by atoms with van der Waals surface area (Å²) in [5.41, 5.74) is 2.64. The molecule has 5 nitrogen and oxygen atoms in total. The smallest absolute Gasteiger partial charge is 0.237 e. The van der Waals surface area contributed by atoms with E-state index < -0.39 is 0 Å². The van der Waals surface area contributed by atoms with Crippen molar-refractivity contribution in [2.24, 2.45) is 5.92 Å². The number of carbonyl (C=O) groups is 1. The van der Waals surface area contributed by atoms with E-state index in [4.69, 9.17) is 4.98 Å². The van der Waals surface area contributed by atoms with Crippen LogP contribution in [0, 0.1) is 5.92 Å². The standard InChI is InChI=1S/C21H32N4O/c1-14(15-8-9-15)25(16-10-11-16)20(26)13-24-12-4-7-19(24)21-22-17-5-2-3-6-18(17)23-21/h14-16,19H,2-13H2,1H3,(H,22,23)/t14-,19-/m1/s1. The molecule has 142 valence electrons. The summed E-state index contributed by atoms with van der Waals surface area (Å²) < 4.78 is 0. The van der Waals surface area contributed by atoms with Gasteiger partial charge in [-0.05, 0) is 83.6 Å². The van der Waals surface area contributed by atoms with Crippen LogP contribution < -0.4 is 0 Å². The molecule has 2 atom stereocenters. The maximum Gasteiger partial charge on any atom is 0.237 e. The fourth-order valence-electron chi connectivity index (χ4n) is 5.14. The van der Waals surface area contributed by atoms with Gasteiger partial charge in [0.1, 0.15) is 5.82 Å². The van der Waals surface area contributed by atoms with Gasteiger partial charge in [0.15, 0.2) is 0 Å². The first-order valence-electron chi connectivity index (χ1n) is 10.8. The molecule has 1 aromatic heterocycles. The number of nitrogens with zero attached hydrogens (tertiary/aromatic N) is 3. The summed E-state index contributed by atoms with van der Waals surface area (Å²) >= 11 is 0. The molecule has 1 amide bonds. The molecule has 26 heavy (non-hydrogen) atoms. The molecule has 0 radical (unpaired) electrons. The summed E-state index contributed by atoms with van der Waals surface area (Å²) in [6, 6.07) is 1.27. The second kappa shape index (κ2) is 6.66. The molecule has 2 saturated carbocycles. The molecular weight excluding hydrogens is 324 g/mol. The zero-order valence-corrected chi connectivity index (χ0v) is 16.0.